The van der Waals surface area contributed by atoms with Gasteiger partial charge >= 0.3 is 0 Å². The van der Waals surface area contributed by atoms with E-state index in [0.717, 1.165) is 5.56 Å². The summed E-state index contributed by atoms with van der Waals surface area (Å²) in [6, 6.07) is 5.70. The average molecular weight is 513 g/mol. The third-order valence-electron chi connectivity index (χ3n) is 6.36. The van der Waals surface area contributed by atoms with Crippen LogP contribution in [0.1, 0.15) is 62.1 Å². The van der Waals surface area contributed by atoms with Gasteiger partial charge in [-0.25, -0.2) is 4.39 Å². The first-order valence-corrected chi connectivity index (χ1v) is 12.6. The number of benzene rings is 1. The number of ketones is 1. The summed E-state index contributed by atoms with van der Waals surface area (Å²) in [5.74, 6) is -1.54. The van der Waals surface area contributed by atoms with Crippen LogP contribution in [0, 0.1) is 11.7 Å². The van der Waals surface area contributed by atoms with E-state index in [1.165, 1.54) is 39.1 Å². The highest BCUT2D eigenvalue weighted by atomic mass is 32.1. The molecule has 3 heterocycles. The molecule has 0 saturated carbocycles. The maximum atomic E-state index is 13.5. The maximum Gasteiger partial charge on any atom is 0.275 e. The van der Waals surface area contributed by atoms with Crippen molar-refractivity contribution in [1.82, 2.24) is 19.7 Å². The first kappa shape index (κ1) is 25.7. The van der Waals surface area contributed by atoms with Gasteiger partial charge in [0.2, 0.25) is 5.43 Å². The SMILES string of the molecule is CC(C)CC(=O)[C@]1(C)Cn2cc(-c3nnc(Cc4ccc(F)cc4)s3)c(=O)c(O)c2C(=O)N1C(C)C. The lowest BCUT2D eigenvalue weighted by molar-refractivity contribution is -0.132. The molecule has 0 bridgehead atoms. The number of hydrogen-bond donors (Lipinski definition) is 1. The number of aromatic nitrogens is 3. The largest absolute Gasteiger partial charge is 0.503 e. The minimum absolute atomic E-state index is 0.0811. The second kappa shape index (κ2) is 9.57. The van der Waals surface area contributed by atoms with Gasteiger partial charge in [-0.15, -0.1) is 10.2 Å². The molecule has 0 unspecified atom stereocenters. The number of carbonyl (C=O) groups is 2. The molecule has 1 aliphatic rings. The lowest BCUT2D eigenvalue weighted by atomic mass is 9.85. The Bertz CT molecular complexity index is 1380. The van der Waals surface area contributed by atoms with Crippen LogP contribution >= 0.6 is 11.3 Å². The average Bonchev–Trinajstić information content (AvgIpc) is 3.25. The summed E-state index contributed by atoms with van der Waals surface area (Å²) < 4.78 is 14.7. The predicted octanol–water partition coefficient (Wildman–Crippen LogP) is 4.04. The molecule has 8 nitrogen and oxygen atoms in total. The molecule has 1 aromatic carbocycles. The Balaban J connectivity index is 1.76. The zero-order chi connectivity index (χ0) is 26.4. The number of halogens is 1. The molecular weight excluding hydrogens is 483 g/mol. The van der Waals surface area contributed by atoms with Gasteiger partial charge in [-0.2, -0.15) is 0 Å². The summed E-state index contributed by atoms with van der Waals surface area (Å²) in [5, 5.41) is 20.0. The van der Waals surface area contributed by atoms with Crippen LogP contribution in [0.2, 0.25) is 0 Å². The van der Waals surface area contributed by atoms with Crippen LogP contribution in [-0.2, 0) is 17.8 Å². The lowest BCUT2D eigenvalue weighted by Crippen LogP contribution is -2.63. The molecule has 3 aromatic rings. The van der Waals surface area contributed by atoms with Crippen LogP contribution < -0.4 is 5.43 Å². The van der Waals surface area contributed by atoms with Crippen LogP contribution in [0.4, 0.5) is 4.39 Å². The van der Waals surface area contributed by atoms with Gasteiger partial charge in [0.1, 0.15) is 16.4 Å². The molecule has 0 fully saturated rings. The third-order valence-corrected chi connectivity index (χ3v) is 7.32. The Morgan fingerprint density at radius 2 is 1.83 bits per heavy atom. The number of aromatic hydroxyl groups is 1. The van der Waals surface area contributed by atoms with E-state index in [1.807, 2.05) is 27.7 Å². The second-order valence-electron chi connectivity index (χ2n) is 10.1. The minimum atomic E-state index is -1.14. The smallest absolute Gasteiger partial charge is 0.275 e. The molecule has 0 radical (unpaired) electrons. The van der Waals surface area contributed by atoms with Crippen LogP contribution in [0.15, 0.2) is 35.3 Å². The standard InChI is InChI=1S/C26H29FN4O4S/c1-14(2)10-19(32)26(5)13-30-12-18(22(33)23(34)21(30)25(35)31(26)15(3)4)24-29-28-20(36-24)11-16-6-8-17(27)9-7-16/h6-9,12,14-15,34H,10-11,13H2,1-5H3/t26-/m0/s1. The van der Waals surface area contributed by atoms with Crippen molar-refractivity contribution in [3.05, 3.63) is 62.8 Å². The van der Waals surface area contributed by atoms with Gasteiger partial charge in [-0.1, -0.05) is 37.3 Å². The summed E-state index contributed by atoms with van der Waals surface area (Å²) in [6.45, 7) is 9.33. The highest BCUT2D eigenvalue weighted by Gasteiger charge is 2.49. The lowest BCUT2D eigenvalue weighted by Gasteiger charge is -2.47. The molecule has 10 heteroatoms. The van der Waals surface area contributed by atoms with Crippen molar-refractivity contribution in [3.63, 3.8) is 0 Å². The predicted molar refractivity (Wildman–Crippen MR) is 135 cm³/mol. The Labute approximate surface area is 212 Å². The number of pyridine rings is 1. The Morgan fingerprint density at radius 1 is 1.17 bits per heavy atom. The number of carbonyl (C=O) groups excluding carboxylic acids is 2. The fourth-order valence-electron chi connectivity index (χ4n) is 4.73. The molecule has 2 aromatic heterocycles. The molecular formula is C26H29FN4O4S. The summed E-state index contributed by atoms with van der Waals surface area (Å²) in [6.07, 6.45) is 2.18. The molecule has 36 heavy (non-hydrogen) atoms. The van der Waals surface area contributed by atoms with Crippen LogP contribution in [0.3, 0.4) is 0 Å². The fraction of sp³-hybridized carbons (Fsp3) is 0.423. The Morgan fingerprint density at radius 3 is 2.44 bits per heavy atom. The third kappa shape index (κ3) is 4.57. The molecule has 1 aliphatic heterocycles. The number of Topliss-reactive ketones (excluding diaryl/α,β-unsaturated/α-hetero) is 1. The van der Waals surface area contributed by atoms with E-state index in [9.17, 15) is 23.9 Å². The van der Waals surface area contributed by atoms with E-state index in [0.29, 0.717) is 17.8 Å². The van der Waals surface area contributed by atoms with E-state index >= 15 is 0 Å². The topological polar surface area (TPSA) is 105 Å². The molecule has 1 N–H and O–H groups in total. The molecule has 0 spiro atoms. The number of fused-ring (bicyclic) bond motifs is 1. The first-order valence-electron chi connectivity index (χ1n) is 11.8. The van der Waals surface area contributed by atoms with Crippen molar-refractivity contribution in [3.8, 4) is 16.3 Å². The van der Waals surface area contributed by atoms with Crippen molar-refractivity contribution in [2.24, 2.45) is 5.92 Å². The van der Waals surface area contributed by atoms with Gasteiger partial charge in [-0.3, -0.25) is 14.4 Å². The number of nitrogens with zero attached hydrogens (tertiary/aromatic N) is 4. The normalized spacial score (nSPS) is 17.7. The van der Waals surface area contributed by atoms with Crippen molar-refractivity contribution in [2.75, 3.05) is 0 Å². The Kier molecular flexibility index (Phi) is 6.83. The van der Waals surface area contributed by atoms with E-state index < -0.39 is 22.6 Å². The van der Waals surface area contributed by atoms with E-state index in [2.05, 4.69) is 10.2 Å². The van der Waals surface area contributed by atoms with Crippen LogP contribution in [0.25, 0.3) is 10.6 Å². The fourth-order valence-corrected chi connectivity index (χ4v) is 5.61. The molecule has 1 amide bonds. The van der Waals surface area contributed by atoms with Crippen LogP contribution in [-0.4, -0.2) is 48.0 Å². The summed E-state index contributed by atoms with van der Waals surface area (Å²) in [7, 11) is 0. The summed E-state index contributed by atoms with van der Waals surface area (Å²) in [4.78, 5) is 41.4. The zero-order valence-corrected chi connectivity index (χ0v) is 21.7. The van der Waals surface area contributed by atoms with Gasteiger partial charge < -0.3 is 14.6 Å². The number of hydrogen-bond acceptors (Lipinski definition) is 7. The quantitative estimate of drug-likeness (QED) is 0.512. The molecule has 4 rings (SSSR count). The maximum absolute atomic E-state index is 13.5. The van der Waals surface area contributed by atoms with Crippen molar-refractivity contribution in [1.29, 1.82) is 0 Å². The Hall–Kier alpha value is -3.40. The first-order chi connectivity index (χ1) is 16.9. The van der Waals surface area contributed by atoms with E-state index in [4.69, 9.17) is 0 Å². The van der Waals surface area contributed by atoms with Crippen molar-refractivity contribution >= 4 is 23.0 Å². The van der Waals surface area contributed by atoms with E-state index in [-0.39, 0.29) is 46.4 Å². The number of amides is 1. The van der Waals surface area contributed by atoms with Gasteiger partial charge in [-0.05, 0) is 44.4 Å². The molecule has 0 aliphatic carbocycles. The van der Waals surface area contributed by atoms with Crippen molar-refractivity contribution in [2.45, 2.75) is 65.6 Å². The number of rotatable bonds is 7. The zero-order valence-electron chi connectivity index (χ0n) is 20.9. The summed E-state index contributed by atoms with van der Waals surface area (Å²) >= 11 is 1.18. The van der Waals surface area contributed by atoms with Gasteiger partial charge in [0.15, 0.2) is 22.2 Å². The van der Waals surface area contributed by atoms with Crippen molar-refractivity contribution < 1.29 is 19.1 Å². The second-order valence-corrected chi connectivity index (χ2v) is 11.1. The van der Waals surface area contributed by atoms with Gasteiger partial charge in [0.25, 0.3) is 5.91 Å². The molecule has 0 saturated heterocycles. The monoisotopic (exact) mass is 512 g/mol. The summed E-state index contributed by atoms with van der Waals surface area (Å²) in [5.41, 5.74) is -1.06. The molecule has 1 atom stereocenters. The highest BCUT2D eigenvalue weighted by Crippen LogP contribution is 2.35. The van der Waals surface area contributed by atoms with Gasteiger partial charge in [0.05, 0.1) is 12.1 Å². The van der Waals surface area contributed by atoms with E-state index in [1.54, 1.807) is 19.1 Å². The minimum Gasteiger partial charge on any atom is -0.503 e. The van der Waals surface area contributed by atoms with Gasteiger partial charge in [0, 0.05) is 25.1 Å². The molecule has 190 valence electrons. The highest BCUT2D eigenvalue weighted by molar-refractivity contribution is 7.14. The van der Waals surface area contributed by atoms with Crippen LogP contribution in [0.5, 0.6) is 5.75 Å².